The van der Waals surface area contributed by atoms with Crippen molar-refractivity contribution in [3.63, 3.8) is 0 Å². The van der Waals surface area contributed by atoms with Crippen molar-refractivity contribution in [2.45, 2.75) is 25.6 Å². The zero-order valence-electron chi connectivity index (χ0n) is 23.4. The molecule has 1 aromatic heterocycles. The van der Waals surface area contributed by atoms with Gasteiger partial charge in [0.1, 0.15) is 19.1 Å². The summed E-state index contributed by atoms with van der Waals surface area (Å²) in [5.41, 5.74) is 0.569. The monoisotopic (exact) mass is 583 g/mol. The first kappa shape index (κ1) is 29.1. The Kier molecular flexibility index (Phi) is 7.70. The van der Waals surface area contributed by atoms with E-state index in [-0.39, 0.29) is 22.9 Å². The lowest BCUT2D eigenvalue weighted by molar-refractivity contribution is -0.916. The third-order valence-corrected chi connectivity index (χ3v) is 8.02. The summed E-state index contributed by atoms with van der Waals surface area (Å²) >= 11 is 0. The van der Waals surface area contributed by atoms with Crippen LogP contribution < -0.4 is 10.6 Å². The number of nitrogens with zero attached hydrogens (tertiary/aromatic N) is 5. The van der Waals surface area contributed by atoms with E-state index >= 15 is 0 Å². The van der Waals surface area contributed by atoms with Crippen molar-refractivity contribution >= 4 is 17.6 Å². The van der Waals surface area contributed by atoms with Gasteiger partial charge in [-0.15, -0.1) is 5.10 Å². The second kappa shape index (κ2) is 11.1. The van der Waals surface area contributed by atoms with Crippen molar-refractivity contribution < 1.29 is 31.9 Å². The number of hydrogen-bond acceptors (Lipinski definition) is 7. The molecule has 0 saturated carbocycles. The maximum absolute atomic E-state index is 13.6. The van der Waals surface area contributed by atoms with Gasteiger partial charge in [0, 0.05) is 17.8 Å². The zero-order chi connectivity index (χ0) is 30.2. The Morgan fingerprint density at radius 1 is 1.24 bits per heavy atom. The molecule has 3 aromatic rings. The summed E-state index contributed by atoms with van der Waals surface area (Å²) in [6, 6.07) is 10.8. The van der Waals surface area contributed by atoms with E-state index < -0.39 is 29.4 Å². The van der Waals surface area contributed by atoms with Crippen LogP contribution in [0.25, 0.3) is 0 Å². The molecule has 1 N–H and O–H groups in total. The number of methoxy groups -OCH3 is 1. The highest BCUT2D eigenvalue weighted by molar-refractivity contribution is 5.93. The number of aromatic amines is 1. The maximum atomic E-state index is 13.6. The zero-order valence-corrected chi connectivity index (χ0v) is 23.4. The molecule has 13 heteroatoms. The molecule has 42 heavy (non-hydrogen) atoms. The van der Waals surface area contributed by atoms with Gasteiger partial charge in [-0.05, 0) is 48.4 Å². The molecule has 10 nitrogen and oxygen atoms in total. The Hall–Kier alpha value is -4.41. The number of fused-ring (bicyclic) bond motifs is 1. The number of anilines is 2. The van der Waals surface area contributed by atoms with Crippen molar-refractivity contribution in [3.05, 3.63) is 86.5 Å². The normalized spacial score (nSPS) is 18.4. The Morgan fingerprint density at radius 2 is 1.98 bits per heavy atom. The highest BCUT2D eigenvalue weighted by Gasteiger charge is 2.41. The average Bonchev–Trinajstić information content (AvgIpc) is 3.35. The molecule has 1 atom stereocenters. The second-order valence-corrected chi connectivity index (χ2v) is 10.7. The number of esters is 1. The smallest absolute Gasteiger partial charge is 0.416 e. The van der Waals surface area contributed by atoms with Gasteiger partial charge in [-0.25, -0.2) is 19.3 Å². The second-order valence-electron chi connectivity index (χ2n) is 10.7. The number of carbonyl (C=O) groups is 1. The molecule has 5 rings (SSSR count). The lowest BCUT2D eigenvalue weighted by Gasteiger charge is -2.38. The van der Waals surface area contributed by atoms with Crippen LogP contribution >= 0.6 is 0 Å². The largest absolute Gasteiger partial charge is 0.466 e. The van der Waals surface area contributed by atoms with Crippen molar-refractivity contribution in [2.24, 2.45) is 0 Å². The van der Waals surface area contributed by atoms with Gasteiger partial charge in [-0.3, -0.25) is 4.90 Å². The number of halogens is 3. The lowest BCUT2D eigenvalue weighted by Crippen LogP contribution is -2.53. The van der Waals surface area contributed by atoms with Crippen LogP contribution in [0.5, 0.6) is 0 Å². The Balaban J connectivity index is 1.69. The van der Waals surface area contributed by atoms with E-state index in [0.29, 0.717) is 30.8 Å². The number of hydrogen-bond donors (Lipinski definition) is 1. The van der Waals surface area contributed by atoms with Crippen LogP contribution in [-0.2, 0) is 26.9 Å². The van der Waals surface area contributed by atoms with Crippen molar-refractivity contribution in [3.8, 4) is 6.07 Å². The number of nitriles is 1. The summed E-state index contributed by atoms with van der Waals surface area (Å²) in [6.45, 7) is 5.21. The highest BCUT2D eigenvalue weighted by atomic mass is 19.4. The lowest BCUT2D eigenvalue weighted by atomic mass is 9.88. The van der Waals surface area contributed by atoms with E-state index in [4.69, 9.17) is 9.47 Å². The molecule has 0 aliphatic carbocycles. The summed E-state index contributed by atoms with van der Waals surface area (Å²) in [5, 5.41) is 16.2. The molecule has 220 valence electrons. The Labute approximate surface area is 239 Å². The molecule has 1 saturated heterocycles. The minimum Gasteiger partial charge on any atom is -0.466 e. The number of morpholine rings is 1. The number of benzene rings is 2. The molecular formula is C29H30F3N6O4+. The number of H-pyrrole nitrogens is 1. The molecular weight excluding hydrogens is 553 g/mol. The van der Waals surface area contributed by atoms with Crippen molar-refractivity contribution in [1.29, 1.82) is 5.26 Å². The summed E-state index contributed by atoms with van der Waals surface area (Å²) in [7, 11) is 3.33. The number of nitrogens with one attached hydrogen (secondary N) is 1. The predicted molar refractivity (Wildman–Crippen MR) is 146 cm³/mol. The number of alkyl halides is 3. The molecule has 2 aromatic carbocycles. The van der Waals surface area contributed by atoms with Gasteiger partial charge in [0.2, 0.25) is 5.95 Å². The SMILES string of the molecule is COC(=O)C1=C(C)N(c2cccc(C(F)(F)F)c2)c2n[nH]c(=O)n2[C@@H]1c1ccc(C#N)cc1CC[N+]1(C)CCOCC1. The number of carbonyl (C=O) groups excluding carboxylic acids is 1. The minimum atomic E-state index is -4.61. The van der Waals surface area contributed by atoms with Gasteiger partial charge in [-0.1, -0.05) is 12.1 Å². The molecule has 0 radical (unpaired) electrons. The quantitative estimate of drug-likeness (QED) is 0.348. The fraction of sp³-hybridized carbons (Fsp3) is 0.379. The van der Waals surface area contributed by atoms with Crippen molar-refractivity contribution in [1.82, 2.24) is 14.8 Å². The third-order valence-electron chi connectivity index (χ3n) is 8.02. The van der Waals surface area contributed by atoms with Gasteiger partial charge in [0.15, 0.2) is 0 Å². The maximum Gasteiger partial charge on any atom is 0.416 e. The summed E-state index contributed by atoms with van der Waals surface area (Å²) in [4.78, 5) is 28.0. The standard InChI is InChI=1S/C29H29F3N6O4/c1-18-24(26(39)41-3)25(23-8-7-19(17-33)15-20(23)9-10-38(2)11-13-42-14-12-38)37-27(34-35-28(37)40)36(18)22-6-4-5-21(16-22)29(30,31)32/h4-8,15-16,25H,9-14H2,1-3H3/p+1/t25-/m1/s1. The first-order valence-corrected chi connectivity index (χ1v) is 13.3. The van der Waals surface area contributed by atoms with Crippen LogP contribution in [0.2, 0.25) is 0 Å². The fourth-order valence-electron chi connectivity index (χ4n) is 5.63. The first-order valence-electron chi connectivity index (χ1n) is 13.3. The van der Waals surface area contributed by atoms with Gasteiger partial charge < -0.3 is 14.0 Å². The van der Waals surface area contributed by atoms with E-state index in [1.54, 1.807) is 25.1 Å². The van der Waals surface area contributed by atoms with E-state index in [2.05, 4.69) is 23.3 Å². The van der Waals surface area contributed by atoms with E-state index in [1.165, 1.54) is 28.7 Å². The topological polar surface area (TPSA) is 113 Å². The van der Waals surface area contributed by atoms with E-state index in [9.17, 15) is 28.0 Å². The Morgan fingerprint density at radius 3 is 2.64 bits per heavy atom. The van der Waals surface area contributed by atoms with Gasteiger partial charge in [0.25, 0.3) is 0 Å². The number of quaternary nitrogens is 1. The minimum absolute atomic E-state index is 0.0111. The van der Waals surface area contributed by atoms with Crippen LogP contribution in [0, 0.1) is 11.3 Å². The predicted octanol–water partition coefficient (Wildman–Crippen LogP) is 3.67. The van der Waals surface area contributed by atoms with Gasteiger partial charge >= 0.3 is 17.8 Å². The van der Waals surface area contributed by atoms with Gasteiger partial charge in [-0.2, -0.15) is 18.4 Å². The van der Waals surface area contributed by atoms with Crippen LogP contribution in [0.15, 0.2) is 58.5 Å². The summed E-state index contributed by atoms with van der Waals surface area (Å²) in [5.74, 6) is -0.743. The van der Waals surface area contributed by atoms with Crippen LogP contribution in [0.1, 0.15) is 35.2 Å². The molecule has 1 fully saturated rings. The number of ether oxygens (including phenoxy) is 2. The van der Waals surface area contributed by atoms with Crippen LogP contribution in [-0.4, -0.2) is 72.2 Å². The van der Waals surface area contributed by atoms with Crippen molar-refractivity contribution in [2.75, 3.05) is 51.9 Å². The van der Waals surface area contributed by atoms with Crippen LogP contribution in [0.3, 0.4) is 0 Å². The van der Waals surface area contributed by atoms with Gasteiger partial charge in [0.05, 0.1) is 56.7 Å². The van der Waals surface area contributed by atoms with E-state index in [0.717, 1.165) is 41.8 Å². The number of rotatable bonds is 6. The average molecular weight is 584 g/mol. The molecule has 0 spiro atoms. The summed E-state index contributed by atoms with van der Waals surface area (Å²) in [6.07, 6.45) is -4.08. The highest BCUT2D eigenvalue weighted by Crippen LogP contribution is 2.43. The number of likely N-dealkylation sites (N-methyl/N-ethyl adjacent to an activating group) is 1. The fourth-order valence-corrected chi connectivity index (χ4v) is 5.63. The van der Waals surface area contributed by atoms with Crippen LogP contribution in [0.4, 0.5) is 24.8 Å². The number of allylic oxidation sites excluding steroid dienone is 1. The first-order chi connectivity index (χ1) is 20.0. The molecule has 0 bridgehead atoms. The Bertz CT molecular complexity index is 1650. The number of aromatic nitrogens is 3. The summed E-state index contributed by atoms with van der Waals surface area (Å²) < 4.78 is 53.5. The molecule has 0 unspecified atom stereocenters. The molecule has 2 aliphatic heterocycles. The molecule has 0 amide bonds. The molecule has 3 heterocycles. The molecule has 2 aliphatic rings. The third kappa shape index (κ3) is 5.31. The van der Waals surface area contributed by atoms with E-state index in [1.807, 2.05) is 0 Å².